The van der Waals surface area contributed by atoms with Gasteiger partial charge >= 0.3 is 5.97 Å². The van der Waals surface area contributed by atoms with Crippen LogP contribution in [0.1, 0.15) is 134 Å². The molecule has 0 bridgehead atoms. The van der Waals surface area contributed by atoms with Crippen LogP contribution in [0.3, 0.4) is 0 Å². The molecule has 0 aliphatic carbocycles. The van der Waals surface area contributed by atoms with E-state index in [0.717, 1.165) is 65.0 Å². The third kappa shape index (κ3) is 8.72. The summed E-state index contributed by atoms with van der Waals surface area (Å²) in [5.74, 6) is 3.60. The van der Waals surface area contributed by atoms with Crippen molar-refractivity contribution in [2.24, 2.45) is 17.8 Å². The summed E-state index contributed by atoms with van der Waals surface area (Å²) in [6.07, 6.45) is 14.5. The van der Waals surface area contributed by atoms with Crippen molar-refractivity contribution < 1.29 is 19.1 Å². The van der Waals surface area contributed by atoms with Crippen molar-refractivity contribution in [3.8, 4) is 11.5 Å². The summed E-state index contributed by atoms with van der Waals surface area (Å²) in [6.45, 7) is 17.9. The van der Waals surface area contributed by atoms with Crippen molar-refractivity contribution in [1.82, 2.24) is 5.32 Å². The molecular weight excluding hydrogens is 486 g/mol. The minimum absolute atomic E-state index is 0.0868. The molecule has 5 nitrogen and oxygen atoms in total. The molecule has 2 aliphatic rings. The molecule has 1 N–H and O–H groups in total. The van der Waals surface area contributed by atoms with Crippen LogP contribution in [0, 0.1) is 38.5 Å². The van der Waals surface area contributed by atoms with Crippen molar-refractivity contribution in [3.05, 3.63) is 22.3 Å². The van der Waals surface area contributed by atoms with Crippen molar-refractivity contribution in [2.45, 2.75) is 151 Å². The van der Waals surface area contributed by atoms with E-state index in [-0.39, 0.29) is 17.5 Å². The molecule has 1 saturated heterocycles. The Balaban J connectivity index is 1.49. The second kappa shape index (κ2) is 14.0. The van der Waals surface area contributed by atoms with Gasteiger partial charge in [-0.05, 0) is 94.2 Å². The lowest BCUT2D eigenvalue weighted by molar-refractivity contribution is -0.137. The largest absolute Gasteiger partial charge is 0.487 e. The van der Waals surface area contributed by atoms with E-state index in [0.29, 0.717) is 18.6 Å². The molecule has 1 aromatic rings. The summed E-state index contributed by atoms with van der Waals surface area (Å²) < 4.78 is 12.6. The first-order valence-electron chi connectivity index (χ1n) is 15.7. The standard InChI is InChI=1S/C34H55NO4/c1-22(2)12-9-13-23(3)14-10-15-24(4)16-11-20-34(8)21-19-28-27(7)31(25(5)26(6)32(28)39-34)38-33(37)29-17-18-30(36)35-29/h22-24,29H,9-21H2,1-8H3,(H,35,36)/t23-,24-,29+,34?/m1/s1. The Hall–Kier alpha value is -2.04. The Morgan fingerprint density at radius 2 is 1.54 bits per heavy atom. The van der Waals surface area contributed by atoms with Crippen LogP contribution >= 0.6 is 0 Å². The summed E-state index contributed by atoms with van der Waals surface area (Å²) in [4.78, 5) is 24.3. The molecule has 2 aliphatic heterocycles. The highest BCUT2D eigenvalue weighted by Gasteiger charge is 2.36. The van der Waals surface area contributed by atoms with E-state index in [1.807, 2.05) is 13.8 Å². The van der Waals surface area contributed by atoms with E-state index in [1.54, 1.807) is 0 Å². The smallest absolute Gasteiger partial charge is 0.334 e. The van der Waals surface area contributed by atoms with Crippen LogP contribution in [-0.2, 0) is 16.0 Å². The summed E-state index contributed by atoms with van der Waals surface area (Å²) in [5.41, 5.74) is 3.98. The molecule has 5 heteroatoms. The SMILES string of the molecule is Cc1c(C)c2c(c(C)c1OC(=O)[C@@H]1CCC(=O)N1)CCC(C)(CCC[C@H](C)CCC[C@H](C)CCCC(C)C)O2. The van der Waals surface area contributed by atoms with Crippen LogP contribution in [0.2, 0.25) is 0 Å². The van der Waals surface area contributed by atoms with Gasteiger partial charge in [-0.15, -0.1) is 0 Å². The van der Waals surface area contributed by atoms with Crippen LogP contribution < -0.4 is 14.8 Å². The van der Waals surface area contributed by atoms with Crippen LogP contribution in [-0.4, -0.2) is 23.5 Å². The lowest BCUT2D eigenvalue weighted by Gasteiger charge is -2.38. The molecule has 4 atom stereocenters. The van der Waals surface area contributed by atoms with Crippen LogP contribution in [0.25, 0.3) is 0 Å². The van der Waals surface area contributed by atoms with E-state index in [2.05, 4.69) is 46.9 Å². The number of amides is 1. The number of ether oxygens (including phenoxy) is 2. The molecule has 2 heterocycles. The van der Waals surface area contributed by atoms with E-state index >= 15 is 0 Å². The zero-order chi connectivity index (χ0) is 28.7. The third-order valence-electron chi connectivity index (χ3n) is 9.32. The highest BCUT2D eigenvalue weighted by Crippen LogP contribution is 2.45. The number of hydrogen-bond donors (Lipinski definition) is 1. The number of nitrogens with one attached hydrogen (secondary N) is 1. The van der Waals surface area contributed by atoms with Gasteiger partial charge in [0.25, 0.3) is 0 Å². The zero-order valence-corrected chi connectivity index (χ0v) is 26.1. The zero-order valence-electron chi connectivity index (χ0n) is 26.1. The van der Waals surface area contributed by atoms with Crippen molar-refractivity contribution >= 4 is 11.9 Å². The topological polar surface area (TPSA) is 64.6 Å². The Morgan fingerprint density at radius 1 is 0.923 bits per heavy atom. The minimum Gasteiger partial charge on any atom is -0.487 e. The maximum absolute atomic E-state index is 12.7. The van der Waals surface area contributed by atoms with Crippen molar-refractivity contribution in [1.29, 1.82) is 0 Å². The number of fused-ring (bicyclic) bond motifs is 1. The van der Waals surface area contributed by atoms with Gasteiger partial charge in [-0.1, -0.05) is 72.6 Å². The number of carbonyl (C=O) groups excluding carboxylic acids is 2. The van der Waals surface area contributed by atoms with Gasteiger partial charge in [0.15, 0.2) is 0 Å². The van der Waals surface area contributed by atoms with Gasteiger partial charge in [0.1, 0.15) is 23.1 Å². The van der Waals surface area contributed by atoms with Gasteiger partial charge in [0, 0.05) is 12.0 Å². The fraction of sp³-hybridized carbons (Fsp3) is 0.765. The molecule has 220 valence electrons. The lowest BCUT2D eigenvalue weighted by atomic mass is 9.83. The van der Waals surface area contributed by atoms with Crippen molar-refractivity contribution in [2.75, 3.05) is 0 Å². The molecule has 1 aromatic carbocycles. The fourth-order valence-electron chi connectivity index (χ4n) is 6.38. The number of benzene rings is 1. The van der Waals surface area contributed by atoms with Crippen LogP contribution in [0.15, 0.2) is 0 Å². The second-order valence-corrected chi connectivity index (χ2v) is 13.5. The van der Waals surface area contributed by atoms with Gasteiger partial charge in [-0.25, -0.2) is 4.79 Å². The lowest BCUT2D eigenvalue weighted by Crippen LogP contribution is -2.38. The maximum atomic E-state index is 12.7. The molecule has 1 amide bonds. The summed E-state index contributed by atoms with van der Waals surface area (Å²) >= 11 is 0. The predicted molar refractivity (Wildman–Crippen MR) is 160 cm³/mol. The van der Waals surface area contributed by atoms with Gasteiger partial charge in [0.2, 0.25) is 5.91 Å². The summed E-state index contributed by atoms with van der Waals surface area (Å²) in [6, 6.07) is -0.548. The number of esters is 1. The van der Waals surface area contributed by atoms with Gasteiger partial charge in [-0.3, -0.25) is 4.79 Å². The molecule has 0 radical (unpaired) electrons. The Bertz CT molecular complexity index is 1000. The molecule has 3 rings (SSSR count). The molecule has 0 spiro atoms. The predicted octanol–water partition coefficient (Wildman–Crippen LogP) is 8.32. The van der Waals surface area contributed by atoms with E-state index in [4.69, 9.17) is 9.47 Å². The van der Waals surface area contributed by atoms with E-state index < -0.39 is 6.04 Å². The molecular formula is C34H55NO4. The Labute approximate surface area is 238 Å². The normalized spacial score (nSPS) is 22.3. The average molecular weight is 542 g/mol. The Morgan fingerprint density at radius 3 is 2.13 bits per heavy atom. The molecule has 1 fully saturated rings. The monoisotopic (exact) mass is 541 g/mol. The first kappa shape index (κ1) is 31.5. The molecule has 39 heavy (non-hydrogen) atoms. The molecule has 0 aromatic heterocycles. The summed E-state index contributed by atoms with van der Waals surface area (Å²) in [5, 5.41) is 2.72. The van der Waals surface area contributed by atoms with Crippen molar-refractivity contribution in [3.63, 3.8) is 0 Å². The number of rotatable bonds is 14. The highest BCUT2D eigenvalue weighted by molar-refractivity contribution is 5.89. The highest BCUT2D eigenvalue weighted by atomic mass is 16.5. The van der Waals surface area contributed by atoms with Gasteiger partial charge in [-0.2, -0.15) is 0 Å². The second-order valence-electron chi connectivity index (χ2n) is 13.5. The Kier molecular flexibility index (Phi) is 11.3. The van der Waals surface area contributed by atoms with Crippen LogP contribution in [0.4, 0.5) is 0 Å². The number of carbonyl (C=O) groups is 2. The minimum atomic E-state index is -0.548. The average Bonchev–Trinajstić information content (AvgIpc) is 3.31. The van der Waals surface area contributed by atoms with Gasteiger partial charge < -0.3 is 14.8 Å². The molecule has 0 saturated carbocycles. The first-order chi connectivity index (χ1) is 18.4. The third-order valence-corrected chi connectivity index (χ3v) is 9.32. The van der Waals surface area contributed by atoms with E-state index in [1.165, 1.54) is 51.4 Å². The summed E-state index contributed by atoms with van der Waals surface area (Å²) in [7, 11) is 0. The van der Waals surface area contributed by atoms with E-state index in [9.17, 15) is 9.59 Å². The first-order valence-corrected chi connectivity index (χ1v) is 15.7. The van der Waals surface area contributed by atoms with Gasteiger partial charge in [0.05, 0.1) is 0 Å². The maximum Gasteiger partial charge on any atom is 0.334 e. The quantitative estimate of drug-likeness (QED) is 0.190. The molecule has 1 unspecified atom stereocenters. The van der Waals surface area contributed by atoms with Crippen LogP contribution in [0.5, 0.6) is 11.5 Å². The number of hydrogen-bond acceptors (Lipinski definition) is 4. The fourth-order valence-corrected chi connectivity index (χ4v) is 6.38.